The normalized spacial score (nSPS) is 37.9. The third-order valence-corrected chi connectivity index (χ3v) is 2.49. The van der Waals surface area contributed by atoms with Crippen LogP contribution in [-0.2, 0) is 9.59 Å². The number of ketones is 1. The number of carbonyl (C=O) groups is 2. The van der Waals surface area contributed by atoms with Crippen LogP contribution in [0.2, 0.25) is 0 Å². The van der Waals surface area contributed by atoms with Crippen molar-refractivity contribution in [2.75, 3.05) is 7.05 Å². The molecule has 0 radical (unpaired) electrons. The molecule has 0 N–H and O–H groups in total. The molecular weight excluding hydrogens is 130 g/mol. The van der Waals surface area contributed by atoms with Crippen LogP contribution in [0.1, 0.15) is 12.8 Å². The van der Waals surface area contributed by atoms with E-state index in [4.69, 9.17) is 0 Å². The van der Waals surface area contributed by atoms with Gasteiger partial charge in [-0.25, -0.2) is 0 Å². The number of hydrogen-bond acceptors (Lipinski definition) is 2. The highest BCUT2D eigenvalue weighted by Crippen LogP contribution is 2.34. The molecular formula is C7H9NO2. The number of nitrogens with zero attached hydrogens (tertiary/aromatic N) is 1. The number of amides is 1. The van der Waals surface area contributed by atoms with Crippen LogP contribution >= 0.6 is 0 Å². The smallest absolute Gasteiger partial charge is 0.226 e. The fraction of sp³-hybridized carbons (Fsp3) is 0.714. The minimum absolute atomic E-state index is 0.0301. The van der Waals surface area contributed by atoms with Gasteiger partial charge in [-0.1, -0.05) is 0 Å². The highest BCUT2D eigenvalue weighted by atomic mass is 16.2. The fourth-order valence-corrected chi connectivity index (χ4v) is 1.87. The maximum absolute atomic E-state index is 11.1. The zero-order chi connectivity index (χ0) is 7.30. The molecule has 0 aromatic rings. The lowest BCUT2D eigenvalue weighted by atomic mass is 10.1. The lowest BCUT2D eigenvalue weighted by molar-refractivity contribution is -0.139. The first kappa shape index (κ1) is 5.89. The molecule has 1 saturated carbocycles. The summed E-state index contributed by atoms with van der Waals surface area (Å²) < 4.78 is 0. The van der Waals surface area contributed by atoms with Crippen molar-refractivity contribution in [3.05, 3.63) is 0 Å². The van der Waals surface area contributed by atoms with E-state index in [1.165, 1.54) is 0 Å². The van der Waals surface area contributed by atoms with Crippen LogP contribution in [-0.4, -0.2) is 29.7 Å². The van der Waals surface area contributed by atoms with Crippen molar-refractivity contribution >= 4 is 11.7 Å². The Hall–Kier alpha value is -0.860. The van der Waals surface area contributed by atoms with Crippen LogP contribution in [0, 0.1) is 5.92 Å². The predicted molar refractivity (Wildman–Crippen MR) is 34.3 cm³/mol. The van der Waals surface area contributed by atoms with Crippen LogP contribution in [0.4, 0.5) is 0 Å². The lowest BCUT2D eigenvalue weighted by Gasteiger charge is -2.20. The molecule has 1 saturated heterocycles. The van der Waals surface area contributed by atoms with Crippen LogP contribution in [0.5, 0.6) is 0 Å². The molecule has 0 aromatic carbocycles. The first-order valence-electron chi connectivity index (χ1n) is 3.49. The van der Waals surface area contributed by atoms with Crippen LogP contribution in [0.3, 0.4) is 0 Å². The number of hydrogen-bond donors (Lipinski definition) is 0. The Balaban J connectivity index is 2.32. The average Bonchev–Trinajstić information content (AvgIpc) is 2.36. The van der Waals surface area contributed by atoms with E-state index in [1.807, 2.05) is 0 Å². The van der Waals surface area contributed by atoms with E-state index >= 15 is 0 Å². The minimum Gasteiger partial charge on any atom is -0.335 e. The van der Waals surface area contributed by atoms with Crippen LogP contribution in [0.25, 0.3) is 0 Å². The maximum Gasteiger partial charge on any atom is 0.226 e. The molecule has 54 valence electrons. The van der Waals surface area contributed by atoms with Gasteiger partial charge in [0.1, 0.15) is 0 Å². The van der Waals surface area contributed by atoms with Gasteiger partial charge in [-0.15, -0.1) is 0 Å². The van der Waals surface area contributed by atoms with Crippen LogP contribution < -0.4 is 0 Å². The number of carbonyl (C=O) groups excluding carboxylic acids is 2. The van der Waals surface area contributed by atoms with Gasteiger partial charge in [-0.05, 0) is 6.42 Å². The van der Waals surface area contributed by atoms with Crippen LogP contribution in [0.15, 0.2) is 0 Å². The number of fused-ring (bicyclic) bond motifs is 2. The SMILES string of the molecule is CN1C(=O)C2CC(=O)C1C2. The van der Waals surface area contributed by atoms with Gasteiger partial charge in [0.15, 0.2) is 5.78 Å². The molecule has 3 nitrogen and oxygen atoms in total. The van der Waals surface area contributed by atoms with E-state index in [2.05, 4.69) is 0 Å². The molecule has 2 atom stereocenters. The van der Waals surface area contributed by atoms with E-state index in [0.29, 0.717) is 6.42 Å². The van der Waals surface area contributed by atoms with Gasteiger partial charge in [0, 0.05) is 19.4 Å². The summed E-state index contributed by atoms with van der Waals surface area (Å²) in [7, 11) is 1.71. The van der Waals surface area contributed by atoms with Gasteiger partial charge in [-0.3, -0.25) is 9.59 Å². The highest BCUT2D eigenvalue weighted by molar-refractivity contribution is 6.00. The van der Waals surface area contributed by atoms with Crippen molar-refractivity contribution in [2.45, 2.75) is 18.9 Å². The Kier molecular flexibility index (Phi) is 0.938. The van der Waals surface area contributed by atoms with E-state index in [-0.39, 0.29) is 23.7 Å². The second-order valence-electron chi connectivity index (χ2n) is 3.07. The van der Waals surface area contributed by atoms with Crippen molar-refractivity contribution in [1.29, 1.82) is 0 Å². The molecule has 0 aromatic heterocycles. The molecule has 1 aliphatic heterocycles. The molecule has 0 spiro atoms. The van der Waals surface area contributed by atoms with Crippen molar-refractivity contribution in [1.82, 2.24) is 4.90 Å². The van der Waals surface area contributed by atoms with Gasteiger partial charge in [-0.2, -0.15) is 0 Å². The lowest BCUT2D eigenvalue weighted by Crippen LogP contribution is -2.39. The van der Waals surface area contributed by atoms with Crippen molar-refractivity contribution in [2.24, 2.45) is 5.92 Å². The quantitative estimate of drug-likeness (QED) is 0.466. The summed E-state index contributed by atoms with van der Waals surface area (Å²) in [6.45, 7) is 0. The second kappa shape index (κ2) is 1.59. The minimum atomic E-state index is -0.0718. The largest absolute Gasteiger partial charge is 0.335 e. The summed E-state index contributed by atoms with van der Waals surface area (Å²) in [6, 6.07) is -0.0718. The zero-order valence-electron chi connectivity index (χ0n) is 5.83. The third kappa shape index (κ3) is 0.503. The summed E-state index contributed by atoms with van der Waals surface area (Å²) in [5.74, 6) is 0.430. The molecule has 2 bridgehead atoms. The molecule has 3 heteroatoms. The number of Topliss-reactive ketones (excluding diaryl/α,β-unsaturated/α-hetero) is 1. The van der Waals surface area contributed by atoms with Crippen molar-refractivity contribution in [3.63, 3.8) is 0 Å². The second-order valence-corrected chi connectivity index (χ2v) is 3.07. The van der Waals surface area contributed by atoms with E-state index in [1.54, 1.807) is 11.9 Å². The van der Waals surface area contributed by atoms with Gasteiger partial charge in [0.05, 0.1) is 6.04 Å². The topological polar surface area (TPSA) is 37.4 Å². The Morgan fingerprint density at radius 2 is 2.20 bits per heavy atom. The Morgan fingerprint density at radius 1 is 1.50 bits per heavy atom. The summed E-state index contributed by atoms with van der Waals surface area (Å²) in [5, 5.41) is 0. The first-order chi connectivity index (χ1) is 4.70. The van der Waals surface area contributed by atoms with Gasteiger partial charge in [0.2, 0.25) is 5.91 Å². The Labute approximate surface area is 59.0 Å². The maximum atomic E-state index is 11.1. The summed E-state index contributed by atoms with van der Waals surface area (Å²) in [5.41, 5.74) is 0. The van der Waals surface area contributed by atoms with Crippen molar-refractivity contribution in [3.8, 4) is 0 Å². The molecule has 1 heterocycles. The van der Waals surface area contributed by atoms with E-state index in [0.717, 1.165) is 6.42 Å². The molecule has 2 aliphatic rings. The number of likely N-dealkylation sites (N-methyl/N-ethyl adjacent to an activating group) is 1. The monoisotopic (exact) mass is 139 g/mol. The van der Waals surface area contributed by atoms with E-state index < -0.39 is 0 Å². The third-order valence-electron chi connectivity index (χ3n) is 2.49. The molecule has 2 fully saturated rings. The fourth-order valence-electron chi connectivity index (χ4n) is 1.87. The number of piperidine rings is 1. The van der Waals surface area contributed by atoms with Gasteiger partial charge >= 0.3 is 0 Å². The molecule has 1 amide bonds. The molecule has 2 rings (SSSR count). The van der Waals surface area contributed by atoms with Gasteiger partial charge in [0.25, 0.3) is 0 Å². The Bertz CT molecular complexity index is 208. The highest BCUT2D eigenvalue weighted by Gasteiger charge is 2.48. The Morgan fingerprint density at radius 3 is 2.60 bits per heavy atom. The van der Waals surface area contributed by atoms with Crippen molar-refractivity contribution < 1.29 is 9.59 Å². The predicted octanol–water partition coefficient (Wildman–Crippen LogP) is -0.194. The summed E-state index contributed by atoms with van der Waals surface area (Å²) >= 11 is 0. The summed E-state index contributed by atoms with van der Waals surface area (Å²) in [4.78, 5) is 23.7. The standard InChI is InChI=1S/C7H9NO2/c1-8-5-2-4(7(8)10)3-6(5)9/h4-5H,2-3H2,1H3. The average molecular weight is 139 g/mol. The first-order valence-corrected chi connectivity index (χ1v) is 3.49. The van der Waals surface area contributed by atoms with E-state index in [9.17, 15) is 9.59 Å². The van der Waals surface area contributed by atoms with Gasteiger partial charge < -0.3 is 4.90 Å². The zero-order valence-corrected chi connectivity index (χ0v) is 5.83. The number of likely N-dealkylation sites (tertiary alicyclic amines) is 1. The molecule has 1 aliphatic carbocycles. The molecule has 10 heavy (non-hydrogen) atoms. The number of rotatable bonds is 0. The summed E-state index contributed by atoms with van der Waals surface area (Å²) in [6.07, 6.45) is 1.27. The molecule has 2 unspecified atom stereocenters.